The van der Waals surface area contributed by atoms with Crippen LogP contribution in [0.5, 0.6) is 0 Å². The van der Waals surface area contributed by atoms with Crippen molar-refractivity contribution in [2.45, 2.75) is 52.9 Å². The van der Waals surface area contributed by atoms with E-state index in [1.165, 1.54) is 19.4 Å². The van der Waals surface area contributed by atoms with Crippen LogP contribution in [0.25, 0.3) is 0 Å². The lowest BCUT2D eigenvalue weighted by Gasteiger charge is -2.25. The van der Waals surface area contributed by atoms with Crippen LogP contribution < -0.4 is 11.3 Å². The van der Waals surface area contributed by atoms with Crippen molar-refractivity contribution in [2.75, 3.05) is 19.6 Å². The lowest BCUT2D eigenvalue weighted by atomic mass is 10.0. The number of hydrogen-bond acceptors (Lipinski definition) is 3. The lowest BCUT2D eigenvalue weighted by Crippen LogP contribution is -2.31. The van der Waals surface area contributed by atoms with Crippen molar-refractivity contribution in [3.05, 3.63) is 0 Å². The minimum Gasteiger partial charge on any atom is -0.303 e. The van der Waals surface area contributed by atoms with Crippen LogP contribution in [0, 0.1) is 5.92 Å². The predicted molar refractivity (Wildman–Crippen MR) is 72.4 cm³/mol. The summed E-state index contributed by atoms with van der Waals surface area (Å²) in [7, 11) is 0. The number of amides is 1. The first kappa shape index (κ1) is 16.4. The van der Waals surface area contributed by atoms with Crippen molar-refractivity contribution >= 4 is 5.91 Å². The molecule has 0 fully saturated rings. The molecule has 17 heavy (non-hydrogen) atoms. The molecule has 4 nitrogen and oxygen atoms in total. The Morgan fingerprint density at radius 3 is 2.35 bits per heavy atom. The second-order valence-corrected chi connectivity index (χ2v) is 4.60. The van der Waals surface area contributed by atoms with Gasteiger partial charge in [0.1, 0.15) is 0 Å². The Bertz CT molecular complexity index is 193. The SMILES string of the molecule is CCC(CC)CN(CC)CCCCC(=O)NN. The summed E-state index contributed by atoms with van der Waals surface area (Å²) in [5.74, 6) is 5.78. The van der Waals surface area contributed by atoms with Crippen molar-refractivity contribution in [1.82, 2.24) is 10.3 Å². The number of rotatable bonds is 10. The van der Waals surface area contributed by atoms with Crippen LogP contribution in [-0.4, -0.2) is 30.4 Å². The number of unbranched alkanes of at least 4 members (excludes halogenated alkanes) is 1. The van der Waals surface area contributed by atoms with Gasteiger partial charge in [-0.3, -0.25) is 10.2 Å². The largest absolute Gasteiger partial charge is 0.303 e. The van der Waals surface area contributed by atoms with Crippen LogP contribution >= 0.6 is 0 Å². The Morgan fingerprint density at radius 2 is 1.88 bits per heavy atom. The summed E-state index contributed by atoms with van der Waals surface area (Å²) >= 11 is 0. The van der Waals surface area contributed by atoms with E-state index >= 15 is 0 Å². The topological polar surface area (TPSA) is 58.4 Å². The molecular formula is C13H29N3O. The molecule has 0 saturated heterocycles. The molecule has 0 aliphatic heterocycles. The molecule has 0 aromatic rings. The molecule has 0 unspecified atom stereocenters. The number of nitrogens with one attached hydrogen (secondary N) is 1. The van der Waals surface area contributed by atoms with Gasteiger partial charge in [-0.1, -0.05) is 33.6 Å². The average molecular weight is 243 g/mol. The summed E-state index contributed by atoms with van der Waals surface area (Å²) in [5, 5.41) is 0. The van der Waals surface area contributed by atoms with Gasteiger partial charge < -0.3 is 4.90 Å². The van der Waals surface area contributed by atoms with Gasteiger partial charge in [0.2, 0.25) is 5.91 Å². The van der Waals surface area contributed by atoms with Gasteiger partial charge in [-0.25, -0.2) is 5.84 Å². The van der Waals surface area contributed by atoms with Crippen LogP contribution in [0.4, 0.5) is 0 Å². The summed E-state index contributed by atoms with van der Waals surface area (Å²) in [5.41, 5.74) is 2.17. The van der Waals surface area contributed by atoms with Crippen molar-refractivity contribution in [1.29, 1.82) is 0 Å². The Labute approximate surface area is 106 Å². The standard InChI is InChI=1S/C13H29N3O/c1-4-12(5-2)11-16(6-3)10-8-7-9-13(17)15-14/h12H,4-11,14H2,1-3H3,(H,15,17). The zero-order valence-electron chi connectivity index (χ0n) is 11.7. The molecule has 0 aliphatic carbocycles. The minimum absolute atomic E-state index is 0.0620. The molecule has 0 saturated carbocycles. The third-order valence-electron chi connectivity index (χ3n) is 3.41. The van der Waals surface area contributed by atoms with E-state index in [2.05, 4.69) is 31.1 Å². The number of carbonyl (C=O) groups excluding carboxylic acids is 1. The molecule has 4 heteroatoms. The second kappa shape index (κ2) is 10.5. The van der Waals surface area contributed by atoms with E-state index in [9.17, 15) is 4.79 Å². The van der Waals surface area contributed by atoms with Gasteiger partial charge in [-0.2, -0.15) is 0 Å². The van der Waals surface area contributed by atoms with E-state index in [-0.39, 0.29) is 5.91 Å². The number of nitrogens with zero attached hydrogens (tertiary/aromatic N) is 1. The highest BCUT2D eigenvalue weighted by molar-refractivity contribution is 5.75. The first-order valence-corrected chi connectivity index (χ1v) is 6.89. The molecule has 0 heterocycles. The fraction of sp³-hybridized carbons (Fsp3) is 0.923. The van der Waals surface area contributed by atoms with Crippen LogP contribution in [0.3, 0.4) is 0 Å². The maximum absolute atomic E-state index is 10.9. The number of carbonyl (C=O) groups is 1. The zero-order chi connectivity index (χ0) is 13.1. The summed E-state index contributed by atoms with van der Waals surface area (Å²) in [6.07, 6.45) is 5.04. The molecule has 0 bridgehead atoms. The molecule has 0 aliphatic rings. The molecule has 0 radical (unpaired) electrons. The van der Waals surface area contributed by atoms with Crippen molar-refractivity contribution < 1.29 is 4.79 Å². The van der Waals surface area contributed by atoms with E-state index in [0.717, 1.165) is 31.8 Å². The summed E-state index contributed by atoms with van der Waals surface area (Å²) in [6.45, 7) is 10.1. The fourth-order valence-corrected chi connectivity index (χ4v) is 1.98. The van der Waals surface area contributed by atoms with Crippen molar-refractivity contribution in [3.8, 4) is 0 Å². The van der Waals surface area contributed by atoms with E-state index in [4.69, 9.17) is 5.84 Å². The number of hydrogen-bond donors (Lipinski definition) is 2. The first-order chi connectivity index (χ1) is 8.17. The fourth-order valence-electron chi connectivity index (χ4n) is 1.98. The molecule has 0 aromatic heterocycles. The molecule has 0 spiro atoms. The van der Waals surface area contributed by atoms with Gasteiger partial charge in [0.25, 0.3) is 0 Å². The molecule has 0 rings (SSSR count). The molecule has 3 N–H and O–H groups in total. The lowest BCUT2D eigenvalue weighted by molar-refractivity contribution is -0.121. The van der Waals surface area contributed by atoms with E-state index < -0.39 is 0 Å². The van der Waals surface area contributed by atoms with E-state index in [0.29, 0.717) is 6.42 Å². The Hall–Kier alpha value is -0.610. The first-order valence-electron chi connectivity index (χ1n) is 6.89. The zero-order valence-corrected chi connectivity index (χ0v) is 11.7. The van der Waals surface area contributed by atoms with Crippen LogP contribution in [0.1, 0.15) is 52.9 Å². The Balaban J connectivity index is 3.70. The van der Waals surface area contributed by atoms with Gasteiger partial charge >= 0.3 is 0 Å². The highest BCUT2D eigenvalue weighted by Gasteiger charge is 2.09. The van der Waals surface area contributed by atoms with Crippen LogP contribution in [0.2, 0.25) is 0 Å². The van der Waals surface area contributed by atoms with E-state index in [1.807, 2.05) is 0 Å². The van der Waals surface area contributed by atoms with Gasteiger partial charge in [0, 0.05) is 13.0 Å². The molecule has 0 aromatic carbocycles. The van der Waals surface area contributed by atoms with Gasteiger partial charge in [0.05, 0.1) is 0 Å². The third-order valence-corrected chi connectivity index (χ3v) is 3.41. The average Bonchev–Trinajstić information content (AvgIpc) is 2.37. The second-order valence-electron chi connectivity index (χ2n) is 4.60. The minimum atomic E-state index is -0.0620. The summed E-state index contributed by atoms with van der Waals surface area (Å²) < 4.78 is 0. The van der Waals surface area contributed by atoms with Gasteiger partial charge in [-0.05, 0) is 31.8 Å². The highest BCUT2D eigenvalue weighted by atomic mass is 16.2. The monoisotopic (exact) mass is 243 g/mol. The maximum Gasteiger partial charge on any atom is 0.233 e. The number of hydrazine groups is 1. The highest BCUT2D eigenvalue weighted by Crippen LogP contribution is 2.10. The Kier molecular flexibility index (Phi) is 10.2. The normalized spacial score (nSPS) is 11.2. The predicted octanol–water partition coefficient (Wildman–Crippen LogP) is 1.90. The van der Waals surface area contributed by atoms with E-state index in [1.54, 1.807) is 0 Å². The quantitative estimate of drug-likeness (QED) is 0.267. The Morgan fingerprint density at radius 1 is 1.24 bits per heavy atom. The molecular weight excluding hydrogens is 214 g/mol. The van der Waals surface area contributed by atoms with Gasteiger partial charge in [0.15, 0.2) is 0 Å². The van der Waals surface area contributed by atoms with Crippen molar-refractivity contribution in [2.24, 2.45) is 11.8 Å². The van der Waals surface area contributed by atoms with Crippen LogP contribution in [0.15, 0.2) is 0 Å². The summed E-state index contributed by atoms with van der Waals surface area (Å²) in [4.78, 5) is 13.4. The smallest absolute Gasteiger partial charge is 0.233 e. The molecule has 0 atom stereocenters. The number of nitrogens with two attached hydrogens (primary N) is 1. The van der Waals surface area contributed by atoms with Crippen LogP contribution in [-0.2, 0) is 4.79 Å². The molecule has 1 amide bonds. The van der Waals surface area contributed by atoms with Crippen molar-refractivity contribution in [3.63, 3.8) is 0 Å². The van der Waals surface area contributed by atoms with Gasteiger partial charge in [-0.15, -0.1) is 0 Å². The molecule has 102 valence electrons. The maximum atomic E-state index is 10.9. The summed E-state index contributed by atoms with van der Waals surface area (Å²) in [6, 6.07) is 0. The third kappa shape index (κ3) is 8.16.